The van der Waals surface area contributed by atoms with Crippen LogP contribution in [0.3, 0.4) is 0 Å². The molecule has 2 saturated heterocycles. The van der Waals surface area contributed by atoms with Gasteiger partial charge in [0.05, 0.1) is 33.5 Å². The van der Waals surface area contributed by atoms with Gasteiger partial charge in [-0.1, -0.05) is 30.3 Å². The molecule has 3 aromatic rings. The minimum atomic E-state index is -0.369. The number of hydrogen-bond acceptors (Lipinski definition) is 5. The van der Waals surface area contributed by atoms with E-state index in [1.807, 2.05) is 42.2 Å². The summed E-state index contributed by atoms with van der Waals surface area (Å²) < 4.78 is 13.5. The maximum absolute atomic E-state index is 13.7. The van der Waals surface area contributed by atoms with Crippen LogP contribution < -0.4 is 5.32 Å². The van der Waals surface area contributed by atoms with E-state index in [1.54, 1.807) is 17.5 Å². The van der Waals surface area contributed by atoms with E-state index in [0.717, 1.165) is 41.3 Å². The molecule has 1 N–H and O–H groups in total. The van der Waals surface area contributed by atoms with Gasteiger partial charge in [-0.2, -0.15) is 0 Å². The van der Waals surface area contributed by atoms with Crippen LogP contribution in [-0.2, 0) is 0 Å². The molecule has 2 bridgehead atoms. The van der Waals surface area contributed by atoms with Crippen molar-refractivity contribution >= 4 is 22.9 Å². The molecule has 6 rings (SSSR count). The highest BCUT2D eigenvalue weighted by molar-refractivity contribution is 7.15. The Morgan fingerprint density at radius 1 is 1.30 bits per heavy atom. The van der Waals surface area contributed by atoms with Gasteiger partial charge in [-0.05, 0) is 37.7 Å². The number of pyridine rings is 1. The van der Waals surface area contributed by atoms with E-state index >= 15 is 0 Å². The van der Waals surface area contributed by atoms with Crippen LogP contribution in [-0.4, -0.2) is 39.4 Å². The van der Waals surface area contributed by atoms with Gasteiger partial charge in [-0.15, -0.1) is 11.3 Å². The Kier molecular flexibility index (Phi) is 4.77. The smallest absolute Gasteiger partial charge is 0.274 e. The summed E-state index contributed by atoms with van der Waals surface area (Å²) in [6.45, 7) is 3.26. The van der Waals surface area contributed by atoms with Crippen molar-refractivity contribution in [3.05, 3.63) is 65.3 Å². The maximum atomic E-state index is 13.7. The number of benzene rings is 1. The van der Waals surface area contributed by atoms with Crippen molar-refractivity contribution in [2.75, 3.05) is 18.4 Å². The third-order valence-corrected chi connectivity index (χ3v) is 7.23. The first-order valence-corrected chi connectivity index (χ1v) is 11.0. The number of halogens is 1. The molecule has 3 aliphatic rings. The first kappa shape index (κ1) is 19.2. The summed E-state index contributed by atoms with van der Waals surface area (Å²) in [5.74, 6) is 0.286. The van der Waals surface area contributed by atoms with E-state index in [1.165, 1.54) is 12.3 Å². The highest BCUT2D eigenvalue weighted by Crippen LogP contribution is 2.49. The number of aromatic nitrogens is 2. The lowest BCUT2D eigenvalue weighted by Gasteiger charge is -2.59. The van der Waals surface area contributed by atoms with Gasteiger partial charge in [0.25, 0.3) is 5.91 Å². The number of aryl methyl sites for hydroxylation is 1. The van der Waals surface area contributed by atoms with Crippen molar-refractivity contribution in [3.8, 4) is 10.4 Å². The summed E-state index contributed by atoms with van der Waals surface area (Å²) >= 11 is 1.56. The van der Waals surface area contributed by atoms with Crippen molar-refractivity contribution in [3.63, 3.8) is 0 Å². The van der Waals surface area contributed by atoms with Gasteiger partial charge in [-0.3, -0.25) is 9.78 Å². The number of piperidine rings is 2. The zero-order chi connectivity index (χ0) is 20.7. The average Bonchev–Trinajstić information content (AvgIpc) is 3.13. The van der Waals surface area contributed by atoms with E-state index in [0.29, 0.717) is 23.8 Å². The van der Waals surface area contributed by atoms with Crippen molar-refractivity contribution in [1.29, 1.82) is 0 Å². The fraction of sp³-hybridized carbons (Fsp3) is 0.348. The largest absolute Gasteiger partial charge is 0.381 e. The number of anilines is 1. The lowest BCUT2D eigenvalue weighted by atomic mass is 9.62. The van der Waals surface area contributed by atoms with Crippen LogP contribution in [0.15, 0.2) is 48.8 Å². The number of thiazole rings is 1. The summed E-state index contributed by atoms with van der Waals surface area (Å²) in [5, 5.41) is 4.19. The minimum absolute atomic E-state index is 0.00415. The lowest BCUT2D eigenvalue weighted by Crippen LogP contribution is -2.67. The van der Waals surface area contributed by atoms with Crippen molar-refractivity contribution in [2.45, 2.75) is 31.7 Å². The topological polar surface area (TPSA) is 58.1 Å². The highest BCUT2D eigenvalue weighted by Gasteiger charge is 2.54. The Morgan fingerprint density at radius 3 is 2.87 bits per heavy atom. The molecule has 0 atom stereocenters. The second-order valence-electron chi connectivity index (χ2n) is 8.27. The van der Waals surface area contributed by atoms with E-state index in [9.17, 15) is 9.18 Å². The molecule has 0 spiro atoms. The molecule has 1 aromatic carbocycles. The zero-order valence-electron chi connectivity index (χ0n) is 16.8. The molecule has 1 aliphatic carbocycles. The first-order chi connectivity index (χ1) is 14.5. The summed E-state index contributed by atoms with van der Waals surface area (Å²) in [4.78, 5) is 25.1. The molecule has 7 heteroatoms. The van der Waals surface area contributed by atoms with Gasteiger partial charge >= 0.3 is 0 Å². The third-order valence-electron chi connectivity index (χ3n) is 6.22. The predicted molar refractivity (Wildman–Crippen MR) is 116 cm³/mol. The first-order valence-electron chi connectivity index (χ1n) is 10.2. The molecule has 2 aliphatic heterocycles. The van der Waals surface area contributed by atoms with E-state index in [4.69, 9.17) is 0 Å². The maximum Gasteiger partial charge on any atom is 0.274 e. The van der Waals surface area contributed by atoms with Gasteiger partial charge in [0.2, 0.25) is 0 Å². The number of fused-ring (bicyclic) bond motifs is 2. The normalized spacial score (nSPS) is 22.5. The van der Waals surface area contributed by atoms with Gasteiger partial charge in [0.15, 0.2) is 0 Å². The van der Waals surface area contributed by atoms with Crippen LogP contribution in [0.2, 0.25) is 0 Å². The standard InChI is InChI=1S/C23H23FN4OS/c1-15-27-20(21(30-15)17-5-3-2-4-6-17)22(29)28-8-7-16-10-23(28,11-16)14-26-19-9-18(24)12-25-13-19/h2-6,9,12-13,16,26H,7-8,10-11,14H2,1H3. The number of carbonyl (C=O) groups excluding carboxylic acids is 1. The molecule has 3 fully saturated rings. The van der Waals surface area contributed by atoms with E-state index in [-0.39, 0.29) is 17.3 Å². The molecule has 0 unspecified atom stereocenters. The number of amides is 1. The summed E-state index contributed by atoms with van der Waals surface area (Å²) in [6, 6.07) is 11.4. The molecule has 5 nitrogen and oxygen atoms in total. The molecule has 2 aromatic heterocycles. The number of rotatable bonds is 5. The van der Waals surface area contributed by atoms with Gasteiger partial charge < -0.3 is 10.2 Å². The predicted octanol–water partition coefficient (Wildman–Crippen LogP) is 4.76. The van der Waals surface area contributed by atoms with Gasteiger partial charge in [-0.25, -0.2) is 9.37 Å². The van der Waals surface area contributed by atoms with Gasteiger partial charge in [0, 0.05) is 19.2 Å². The van der Waals surface area contributed by atoms with Crippen LogP contribution in [0.5, 0.6) is 0 Å². The Labute approximate surface area is 179 Å². The molecule has 0 radical (unpaired) electrons. The highest BCUT2D eigenvalue weighted by atomic mass is 32.1. The second-order valence-corrected chi connectivity index (χ2v) is 9.47. The quantitative estimate of drug-likeness (QED) is 0.644. The minimum Gasteiger partial charge on any atom is -0.381 e. The summed E-state index contributed by atoms with van der Waals surface area (Å²) in [5.41, 5.74) is 1.95. The summed E-state index contributed by atoms with van der Waals surface area (Å²) in [7, 11) is 0. The van der Waals surface area contributed by atoms with E-state index in [2.05, 4.69) is 15.3 Å². The zero-order valence-corrected chi connectivity index (χ0v) is 17.6. The Bertz CT molecular complexity index is 1080. The van der Waals surface area contributed by atoms with Crippen molar-refractivity contribution in [2.24, 2.45) is 5.92 Å². The Balaban J connectivity index is 1.42. The molecule has 30 heavy (non-hydrogen) atoms. The fourth-order valence-corrected chi connectivity index (χ4v) is 5.72. The molecule has 1 saturated carbocycles. The van der Waals surface area contributed by atoms with Crippen LogP contribution in [0.25, 0.3) is 10.4 Å². The molecule has 154 valence electrons. The molecular formula is C23H23FN4OS. The second kappa shape index (κ2) is 7.47. The number of carbonyl (C=O) groups is 1. The number of nitrogens with one attached hydrogen (secondary N) is 1. The van der Waals surface area contributed by atoms with Crippen molar-refractivity contribution < 1.29 is 9.18 Å². The lowest BCUT2D eigenvalue weighted by molar-refractivity contribution is -0.0489. The Morgan fingerprint density at radius 2 is 2.10 bits per heavy atom. The van der Waals surface area contributed by atoms with Crippen LogP contribution in [0.1, 0.15) is 34.8 Å². The SMILES string of the molecule is Cc1nc(C(=O)N2CCC3CC2(CNc2cncc(F)c2)C3)c(-c2ccccc2)s1. The van der Waals surface area contributed by atoms with E-state index < -0.39 is 0 Å². The van der Waals surface area contributed by atoms with Crippen molar-refractivity contribution in [1.82, 2.24) is 14.9 Å². The fourth-order valence-electron chi connectivity index (χ4n) is 4.81. The van der Waals surface area contributed by atoms with Crippen LogP contribution in [0.4, 0.5) is 10.1 Å². The molecule has 1 amide bonds. The van der Waals surface area contributed by atoms with Gasteiger partial charge in [0.1, 0.15) is 11.5 Å². The number of nitrogens with zero attached hydrogens (tertiary/aromatic N) is 3. The number of hydrogen-bond donors (Lipinski definition) is 1. The monoisotopic (exact) mass is 422 g/mol. The summed E-state index contributed by atoms with van der Waals surface area (Å²) in [6.07, 6.45) is 5.77. The Hall–Kier alpha value is -2.80. The molecule has 4 heterocycles. The van der Waals surface area contributed by atoms with Crippen LogP contribution >= 0.6 is 11.3 Å². The molecular weight excluding hydrogens is 399 g/mol. The average molecular weight is 423 g/mol. The third kappa shape index (κ3) is 3.37. The van der Waals surface area contributed by atoms with Crippen LogP contribution in [0, 0.1) is 18.7 Å².